The molecule has 26 heavy (non-hydrogen) atoms. The van der Waals surface area contributed by atoms with Gasteiger partial charge in [0.2, 0.25) is 5.91 Å². The fourth-order valence-corrected chi connectivity index (χ4v) is 4.28. The summed E-state index contributed by atoms with van der Waals surface area (Å²) >= 11 is 0. The summed E-state index contributed by atoms with van der Waals surface area (Å²) in [6, 6.07) is 13.9. The minimum Gasteiger partial charge on any atom is -0.342 e. The van der Waals surface area contributed by atoms with E-state index >= 15 is 0 Å². The van der Waals surface area contributed by atoms with Crippen molar-refractivity contribution >= 4 is 22.6 Å². The molecule has 0 N–H and O–H groups in total. The number of fused-ring (bicyclic) bond motifs is 1. The molecule has 0 saturated carbocycles. The number of carbonyl (C=O) groups excluding carboxylic acids is 2. The molecule has 0 aliphatic carbocycles. The van der Waals surface area contributed by atoms with Crippen molar-refractivity contribution in [1.82, 2.24) is 9.80 Å². The van der Waals surface area contributed by atoms with Crippen molar-refractivity contribution in [3.63, 3.8) is 0 Å². The Morgan fingerprint density at radius 2 is 1.46 bits per heavy atom. The van der Waals surface area contributed by atoms with E-state index in [-0.39, 0.29) is 11.8 Å². The van der Waals surface area contributed by atoms with Crippen LogP contribution in [0.5, 0.6) is 0 Å². The molecule has 0 unspecified atom stereocenters. The highest BCUT2D eigenvalue weighted by atomic mass is 16.2. The molecule has 4 nitrogen and oxygen atoms in total. The van der Waals surface area contributed by atoms with Crippen LogP contribution < -0.4 is 0 Å². The van der Waals surface area contributed by atoms with E-state index in [2.05, 4.69) is 0 Å². The molecule has 2 aromatic rings. The van der Waals surface area contributed by atoms with Gasteiger partial charge in [0.25, 0.3) is 5.91 Å². The number of nitrogens with zero attached hydrogens (tertiary/aromatic N) is 2. The van der Waals surface area contributed by atoms with Gasteiger partial charge in [-0.25, -0.2) is 0 Å². The van der Waals surface area contributed by atoms with E-state index in [0.717, 1.165) is 55.1 Å². The van der Waals surface area contributed by atoms with Crippen molar-refractivity contribution in [3.05, 3.63) is 48.0 Å². The molecular weight excluding hydrogens is 324 g/mol. The topological polar surface area (TPSA) is 40.6 Å². The predicted octanol–water partition coefficient (Wildman–Crippen LogP) is 3.70. The number of hydrogen-bond acceptors (Lipinski definition) is 2. The Labute approximate surface area is 154 Å². The zero-order chi connectivity index (χ0) is 17.9. The molecule has 136 valence electrons. The Morgan fingerprint density at radius 1 is 0.769 bits per heavy atom. The SMILES string of the molecule is O=C(c1cccc2ccccc12)N1CCC(C(=O)N2CCCCC2)CC1. The summed E-state index contributed by atoms with van der Waals surface area (Å²) in [7, 11) is 0. The normalized spacial score (nSPS) is 18.9. The number of rotatable bonds is 2. The summed E-state index contributed by atoms with van der Waals surface area (Å²) in [4.78, 5) is 29.7. The van der Waals surface area contributed by atoms with Crippen LogP contribution in [0.2, 0.25) is 0 Å². The van der Waals surface area contributed by atoms with Gasteiger partial charge in [0, 0.05) is 37.7 Å². The summed E-state index contributed by atoms with van der Waals surface area (Å²) in [6.45, 7) is 3.17. The van der Waals surface area contributed by atoms with Crippen LogP contribution in [0, 0.1) is 5.92 Å². The van der Waals surface area contributed by atoms with Gasteiger partial charge in [-0.3, -0.25) is 9.59 Å². The summed E-state index contributed by atoms with van der Waals surface area (Å²) < 4.78 is 0. The van der Waals surface area contributed by atoms with Crippen LogP contribution in [0.4, 0.5) is 0 Å². The largest absolute Gasteiger partial charge is 0.342 e. The van der Waals surface area contributed by atoms with E-state index in [0.29, 0.717) is 19.0 Å². The molecule has 2 aliphatic rings. The highest BCUT2D eigenvalue weighted by Gasteiger charge is 2.31. The Bertz CT molecular complexity index is 797. The Hall–Kier alpha value is -2.36. The van der Waals surface area contributed by atoms with E-state index in [1.54, 1.807) is 0 Å². The monoisotopic (exact) mass is 350 g/mol. The van der Waals surface area contributed by atoms with Gasteiger partial charge in [0.15, 0.2) is 0 Å². The van der Waals surface area contributed by atoms with Crippen molar-refractivity contribution in [2.75, 3.05) is 26.2 Å². The van der Waals surface area contributed by atoms with Gasteiger partial charge in [0.05, 0.1) is 0 Å². The first kappa shape index (κ1) is 17.1. The van der Waals surface area contributed by atoms with E-state index < -0.39 is 0 Å². The van der Waals surface area contributed by atoms with Crippen LogP contribution >= 0.6 is 0 Å². The summed E-state index contributed by atoms with van der Waals surface area (Å²) in [5.74, 6) is 0.484. The Morgan fingerprint density at radius 3 is 2.23 bits per heavy atom. The average molecular weight is 350 g/mol. The van der Waals surface area contributed by atoms with Gasteiger partial charge >= 0.3 is 0 Å². The molecule has 2 saturated heterocycles. The number of piperidine rings is 2. The van der Waals surface area contributed by atoms with Gasteiger partial charge in [-0.15, -0.1) is 0 Å². The standard InChI is InChI=1S/C22H26N2O2/c25-21(23-13-4-1-5-14-23)18-11-15-24(16-12-18)22(26)20-10-6-8-17-7-2-3-9-19(17)20/h2-3,6-10,18H,1,4-5,11-16H2. The summed E-state index contributed by atoms with van der Waals surface area (Å²) in [6.07, 6.45) is 5.06. The lowest BCUT2D eigenvalue weighted by molar-refractivity contribution is -0.137. The Balaban J connectivity index is 1.42. The van der Waals surface area contributed by atoms with Crippen LogP contribution in [0.15, 0.2) is 42.5 Å². The van der Waals surface area contributed by atoms with Gasteiger partial charge in [0.1, 0.15) is 0 Å². The van der Waals surface area contributed by atoms with Crippen LogP contribution in [0.3, 0.4) is 0 Å². The Kier molecular flexibility index (Phi) is 4.91. The first-order valence-electron chi connectivity index (χ1n) is 9.80. The van der Waals surface area contributed by atoms with Gasteiger partial charge < -0.3 is 9.80 Å². The van der Waals surface area contributed by atoms with Crippen LogP contribution in [0.1, 0.15) is 42.5 Å². The average Bonchev–Trinajstić information content (AvgIpc) is 2.73. The number of carbonyl (C=O) groups is 2. The minimum atomic E-state index is 0.0877. The first-order valence-corrected chi connectivity index (χ1v) is 9.80. The first-order chi connectivity index (χ1) is 12.7. The number of hydrogen-bond donors (Lipinski definition) is 0. The molecular formula is C22H26N2O2. The highest BCUT2D eigenvalue weighted by Crippen LogP contribution is 2.25. The minimum absolute atomic E-state index is 0.0877. The van der Waals surface area contributed by atoms with E-state index in [4.69, 9.17) is 0 Å². The maximum Gasteiger partial charge on any atom is 0.254 e. The van der Waals surface area contributed by atoms with Crippen LogP contribution in [0.25, 0.3) is 10.8 Å². The van der Waals surface area contributed by atoms with Crippen LogP contribution in [-0.2, 0) is 4.79 Å². The quantitative estimate of drug-likeness (QED) is 0.828. The van der Waals surface area contributed by atoms with Crippen molar-refractivity contribution in [2.45, 2.75) is 32.1 Å². The molecule has 2 fully saturated rings. The molecule has 2 aliphatic heterocycles. The molecule has 0 atom stereocenters. The summed E-state index contributed by atoms with van der Waals surface area (Å²) in [5, 5.41) is 2.10. The van der Waals surface area contributed by atoms with E-state index in [9.17, 15) is 9.59 Å². The van der Waals surface area contributed by atoms with Crippen molar-refractivity contribution in [2.24, 2.45) is 5.92 Å². The van der Waals surface area contributed by atoms with E-state index in [1.165, 1.54) is 6.42 Å². The van der Waals surface area contributed by atoms with Gasteiger partial charge in [-0.05, 0) is 48.9 Å². The van der Waals surface area contributed by atoms with Gasteiger partial charge in [-0.1, -0.05) is 36.4 Å². The number of likely N-dealkylation sites (tertiary alicyclic amines) is 2. The smallest absolute Gasteiger partial charge is 0.254 e. The molecule has 2 amide bonds. The third-order valence-corrected chi connectivity index (χ3v) is 5.82. The lowest BCUT2D eigenvalue weighted by atomic mass is 9.93. The van der Waals surface area contributed by atoms with Crippen molar-refractivity contribution in [1.29, 1.82) is 0 Å². The third kappa shape index (κ3) is 3.33. The second-order valence-corrected chi connectivity index (χ2v) is 7.48. The molecule has 4 rings (SSSR count). The lowest BCUT2D eigenvalue weighted by Crippen LogP contribution is -2.45. The fourth-order valence-electron chi connectivity index (χ4n) is 4.28. The molecule has 2 heterocycles. The second-order valence-electron chi connectivity index (χ2n) is 7.48. The summed E-state index contributed by atoms with van der Waals surface area (Å²) in [5.41, 5.74) is 0.768. The second kappa shape index (κ2) is 7.48. The number of benzene rings is 2. The maximum absolute atomic E-state index is 13.0. The molecule has 0 spiro atoms. The van der Waals surface area contributed by atoms with Crippen molar-refractivity contribution in [3.8, 4) is 0 Å². The third-order valence-electron chi connectivity index (χ3n) is 5.82. The zero-order valence-electron chi connectivity index (χ0n) is 15.2. The highest BCUT2D eigenvalue weighted by molar-refractivity contribution is 6.07. The van der Waals surface area contributed by atoms with E-state index in [1.807, 2.05) is 52.3 Å². The molecule has 0 radical (unpaired) electrons. The van der Waals surface area contributed by atoms with Crippen LogP contribution in [-0.4, -0.2) is 47.8 Å². The lowest BCUT2D eigenvalue weighted by Gasteiger charge is -2.35. The molecule has 0 aromatic heterocycles. The maximum atomic E-state index is 13.0. The number of amides is 2. The van der Waals surface area contributed by atoms with Gasteiger partial charge in [-0.2, -0.15) is 0 Å². The zero-order valence-corrected chi connectivity index (χ0v) is 15.2. The fraction of sp³-hybridized carbons (Fsp3) is 0.455. The predicted molar refractivity (Wildman–Crippen MR) is 103 cm³/mol. The molecule has 4 heteroatoms. The molecule has 2 aromatic carbocycles. The molecule has 0 bridgehead atoms. The van der Waals surface area contributed by atoms with Crippen molar-refractivity contribution < 1.29 is 9.59 Å².